The molecule has 0 aliphatic heterocycles. The molecule has 0 heterocycles. The van der Waals surface area contributed by atoms with Crippen LogP contribution in [0.3, 0.4) is 0 Å². The van der Waals surface area contributed by atoms with E-state index in [-0.39, 0.29) is 12.7 Å². The fourth-order valence-corrected chi connectivity index (χ4v) is 0.986. The number of rotatable bonds is 5. The van der Waals surface area contributed by atoms with Crippen molar-refractivity contribution >= 4 is 0 Å². The van der Waals surface area contributed by atoms with Crippen molar-refractivity contribution in [2.75, 3.05) is 13.2 Å². The van der Waals surface area contributed by atoms with E-state index in [9.17, 15) is 0 Å². The number of aliphatic hydroxyl groups excluding tert-OH is 1. The van der Waals surface area contributed by atoms with Gasteiger partial charge in [-0.3, -0.25) is 0 Å². The molecule has 0 bridgehead atoms. The molecule has 0 fully saturated rings. The molecule has 1 atom stereocenters. The predicted octanol–water partition coefficient (Wildman–Crippen LogP) is 1.43. The Labute approximate surface area is 63.2 Å². The first-order chi connectivity index (χ1) is 4.66. The van der Waals surface area contributed by atoms with Crippen LogP contribution in [0.2, 0.25) is 0 Å². The van der Waals surface area contributed by atoms with Crippen LogP contribution in [0.15, 0.2) is 0 Å². The molecule has 2 nitrogen and oxygen atoms in total. The van der Waals surface area contributed by atoms with Gasteiger partial charge < -0.3 is 9.84 Å². The average Bonchev–Trinajstić information content (AvgIpc) is 1.82. The van der Waals surface area contributed by atoms with E-state index >= 15 is 0 Å². The summed E-state index contributed by atoms with van der Waals surface area (Å²) in [6.07, 6.45) is 1.35. The molecule has 0 saturated carbocycles. The monoisotopic (exact) mass is 146 g/mol. The summed E-state index contributed by atoms with van der Waals surface area (Å²) in [6, 6.07) is 0. The smallest absolute Gasteiger partial charge is 0.0701 e. The Bertz CT molecular complexity index is 71.7. The molecule has 0 aromatic heterocycles. The summed E-state index contributed by atoms with van der Waals surface area (Å²) in [6.45, 7) is 6.96. The molecule has 0 rings (SSSR count). The van der Waals surface area contributed by atoms with E-state index in [4.69, 9.17) is 9.84 Å². The Morgan fingerprint density at radius 3 is 2.30 bits per heavy atom. The standard InChI is InChI=1S/C8H18O2/c1-7(2)6-8(3)10-5-4-9/h7-9H,4-6H2,1-3H3. The fraction of sp³-hybridized carbons (Fsp3) is 1.00. The van der Waals surface area contributed by atoms with Crippen LogP contribution < -0.4 is 0 Å². The van der Waals surface area contributed by atoms with Crippen molar-refractivity contribution < 1.29 is 9.84 Å². The highest BCUT2D eigenvalue weighted by Crippen LogP contribution is 2.06. The van der Waals surface area contributed by atoms with Gasteiger partial charge in [0.05, 0.1) is 19.3 Å². The number of hydrogen-bond acceptors (Lipinski definition) is 2. The third-order valence-corrected chi connectivity index (χ3v) is 1.30. The SMILES string of the molecule is CC(C)CC(C)OCCO. The lowest BCUT2D eigenvalue weighted by Crippen LogP contribution is -2.13. The lowest BCUT2D eigenvalue weighted by atomic mass is 10.1. The molecule has 0 aromatic carbocycles. The first-order valence-corrected chi connectivity index (χ1v) is 3.89. The van der Waals surface area contributed by atoms with Gasteiger partial charge in [0, 0.05) is 0 Å². The zero-order chi connectivity index (χ0) is 7.98. The molecule has 0 radical (unpaired) electrons. The first-order valence-electron chi connectivity index (χ1n) is 3.89. The summed E-state index contributed by atoms with van der Waals surface area (Å²) in [4.78, 5) is 0. The summed E-state index contributed by atoms with van der Waals surface area (Å²) in [5, 5.41) is 8.42. The van der Waals surface area contributed by atoms with Crippen LogP contribution >= 0.6 is 0 Å². The molecule has 0 amide bonds. The van der Waals surface area contributed by atoms with Gasteiger partial charge in [-0.1, -0.05) is 13.8 Å². The van der Waals surface area contributed by atoms with Gasteiger partial charge in [-0.05, 0) is 19.3 Å². The minimum Gasteiger partial charge on any atom is -0.394 e. The van der Waals surface area contributed by atoms with Gasteiger partial charge in [0.1, 0.15) is 0 Å². The van der Waals surface area contributed by atoms with E-state index in [0.717, 1.165) is 6.42 Å². The van der Waals surface area contributed by atoms with Crippen molar-refractivity contribution in [1.29, 1.82) is 0 Å². The van der Waals surface area contributed by atoms with Crippen molar-refractivity contribution in [1.82, 2.24) is 0 Å². The van der Waals surface area contributed by atoms with Crippen LogP contribution in [0.4, 0.5) is 0 Å². The summed E-state index contributed by atoms with van der Waals surface area (Å²) >= 11 is 0. The first kappa shape index (κ1) is 9.92. The maximum absolute atomic E-state index is 8.42. The molecule has 62 valence electrons. The molecule has 0 spiro atoms. The number of aliphatic hydroxyl groups is 1. The van der Waals surface area contributed by atoms with Crippen LogP contribution in [0.1, 0.15) is 27.2 Å². The van der Waals surface area contributed by atoms with Gasteiger partial charge in [0.15, 0.2) is 0 Å². The summed E-state index contributed by atoms with van der Waals surface area (Å²) < 4.78 is 5.25. The molecule has 0 saturated heterocycles. The van der Waals surface area contributed by atoms with Crippen molar-refractivity contribution in [2.24, 2.45) is 5.92 Å². The van der Waals surface area contributed by atoms with E-state index in [1.165, 1.54) is 0 Å². The highest BCUT2D eigenvalue weighted by atomic mass is 16.5. The third kappa shape index (κ3) is 6.05. The second-order valence-corrected chi connectivity index (χ2v) is 3.03. The fourth-order valence-electron chi connectivity index (χ4n) is 0.986. The Balaban J connectivity index is 3.16. The summed E-state index contributed by atoms with van der Waals surface area (Å²) in [7, 11) is 0. The lowest BCUT2D eigenvalue weighted by Gasteiger charge is -2.13. The normalized spacial score (nSPS) is 14.1. The second-order valence-electron chi connectivity index (χ2n) is 3.03. The van der Waals surface area contributed by atoms with E-state index in [2.05, 4.69) is 13.8 Å². The maximum Gasteiger partial charge on any atom is 0.0701 e. The zero-order valence-corrected chi connectivity index (χ0v) is 7.13. The van der Waals surface area contributed by atoms with E-state index in [1.807, 2.05) is 6.92 Å². The highest BCUT2D eigenvalue weighted by Gasteiger charge is 2.03. The second kappa shape index (κ2) is 5.69. The van der Waals surface area contributed by atoms with Crippen LogP contribution in [0.25, 0.3) is 0 Å². The summed E-state index contributed by atoms with van der Waals surface area (Å²) in [5.74, 6) is 0.675. The molecule has 10 heavy (non-hydrogen) atoms. The van der Waals surface area contributed by atoms with E-state index in [0.29, 0.717) is 12.5 Å². The van der Waals surface area contributed by atoms with Crippen molar-refractivity contribution in [3.8, 4) is 0 Å². The molecule has 1 unspecified atom stereocenters. The van der Waals surface area contributed by atoms with E-state index in [1.54, 1.807) is 0 Å². The zero-order valence-electron chi connectivity index (χ0n) is 7.13. The van der Waals surface area contributed by atoms with Gasteiger partial charge >= 0.3 is 0 Å². The molecule has 0 aromatic rings. The number of hydrogen-bond donors (Lipinski definition) is 1. The van der Waals surface area contributed by atoms with Crippen LogP contribution in [-0.4, -0.2) is 24.4 Å². The predicted molar refractivity (Wildman–Crippen MR) is 42.0 cm³/mol. The molecule has 0 aliphatic rings. The highest BCUT2D eigenvalue weighted by molar-refractivity contribution is 4.53. The van der Waals surface area contributed by atoms with Crippen molar-refractivity contribution in [2.45, 2.75) is 33.3 Å². The van der Waals surface area contributed by atoms with Crippen LogP contribution in [0, 0.1) is 5.92 Å². The van der Waals surface area contributed by atoms with Crippen LogP contribution in [-0.2, 0) is 4.74 Å². The molecular formula is C8H18O2. The minimum atomic E-state index is 0.127. The quantitative estimate of drug-likeness (QED) is 0.635. The summed E-state index contributed by atoms with van der Waals surface area (Å²) in [5.41, 5.74) is 0. The Hall–Kier alpha value is -0.0800. The minimum absolute atomic E-state index is 0.127. The largest absolute Gasteiger partial charge is 0.394 e. The van der Waals surface area contributed by atoms with Gasteiger partial charge in [-0.15, -0.1) is 0 Å². The topological polar surface area (TPSA) is 29.5 Å². The van der Waals surface area contributed by atoms with Gasteiger partial charge in [0.2, 0.25) is 0 Å². The van der Waals surface area contributed by atoms with Crippen molar-refractivity contribution in [3.63, 3.8) is 0 Å². The molecule has 0 aliphatic carbocycles. The molecular weight excluding hydrogens is 128 g/mol. The maximum atomic E-state index is 8.42. The Morgan fingerprint density at radius 1 is 1.30 bits per heavy atom. The van der Waals surface area contributed by atoms with Gasteiger partial charge in [-0.2, -0.15) is 0 Å². The Kier molecular flexibility index (Phi) is 5.64. The van der Waals surface area contributed by atoms with E-state index < -0.39 is 0 Å². The average molecular weight is 146 g/mol. The lowest BCUT2D eigenvalue weighted by molar-refractivity contribution is 0.0283. The van der Waals surface area contributed by atoms with Crippen LogP contribution in [0.5, 0.6) is 0 Å². The van der Waals surface area contributed by atoms with Crippen molar-refractivity contribution in [3.05, 3.63) is 0 Å². The van der Waals surface area contributed by atoms with Gasteiger partial charge in [-0.25, -0.2) is 0 Å². The Morgan fingerprint density at radius 2 is 1.90 bits per heavy atom. The number of ether oxygens (including phenoxy) is 1. The third-order valence-electron chi connectivity index (χ3n) is 1.30. The molecule has 1 N–H and O–H groups in total. The molecule has 2 heteroatoms. The van der Waals surface area contributed by atoms with Gasteiger partial charge in [0.25, 0.3) is 0 Å².